The molecule has 25 heavy (non-hydrogen) atoms. The van der Waals surface area contributed by atoms with Gasteiger partial charge in [-0.05, 0) is 36.4 Å². The Morgan fingerprint density at radius 3 is 2.40 bits per heavy atom. The SMILES string of the molecule is CN=Nc1cccc(C(=O)Nc2ccc(S(=O)(=O)O)c(N=NC)c2)c1. The molecule has 0 heterocycles. The van der Waals surface area contributed by atoms with Crippen molar-refractivity contribution in [2.75, 3.05) is 19.4 Å². The summed E-state index contributed by atoms with van der Waals surface area (Å²) >= 11 is 0. The molecule has 2 aromatic carbocycles. The Hall–Kier alpha value is -2.98. The van der Waals surface area contributed by atoms with Crippen LogP contribution >= 0.6 is 0 Å². The zero-order chi connectivity index (χ0) is 18.4. The van der Waals surface area contributed by atoms with E-state index < -0.39 is 20.9 Å². The highest BCUT2D eigenvalue weighted by molar-refractivity contribution is 7.86. The summed E-state index contributed by atoms with van der Waals surface area (Å²) in [4.78, 5) is 11.9. The third-order valence-electron chi connectivity index (χ3n) is 3.03. The molecule has 2 rings (SSSR count). The molecule has 0 bridgehead atoms. The number of nitrogens with one attached hydrogen (secondary N) is 1. The second-order valence-electron chi connectivity index (χ2n) is 4.76. The number of hydrogen-bond donors (Lipinski definition) is 2. The smallest absolute Gasteiger partial charge is 0.296 e. The Bertz CT molecular complexity index is 954. The molecule has 2 N–H and O–H groups in total. The van der Waals surface area contributed by atoms with Crippen molar-refractivity contribution in [1.29, 1.82) is 0 Å². The molecule has 130 valence electrons. The molecule has 0 fully saturated rings. The maximum absolute atomic E-state index is 12.3. The highest BCUT2D eigenvalue weighted by Crippen LogP contribution is 2.28. The average Bonchev–Trinajstić information content (AvgIpc) is 2.55. The van der Waals surface area contributed by atoms with Crippen molar-refractivity contribution < 1.29 is 17.8 Å². The lowest BCUT2D eigenvalue weighted by Crippen LogP contribution is -2.12. The second kappa shape index (κ2) is 7.73. The first-order valence-electron chi connectivity index (χ1n) is 6.98. The molecular weight excluding hydrogens is 346 g/mol. The van der Waals surface area contributed by atoms with Crippen molar-refractivity contribution in [2.24, 2.45) is 20.5 Å². The summed E-state index contributed by atoms with van der Waals surface area (Å²) in [5.41, 5.74) is 1.08. The maximum Gasteiger partial charge on any atom is 0.296 e. The predicted molar refractivity (Wildman–Crippen MR) is 91.5 cm³/mol. The maximum atomic E-state index is 12.3. The molecule has 0 saturated carbocycles. The standard InChI is InChI=1S/C15H15N5O4S/c1-16-19-12-5-3-4-10(8-12)15(21)18-11-6-7-14(25(22,23)24)13(9-11)20-17-2/h3-9H,1-2H3,(H,18,21)(H,22,23,24). The van der Waals surface area contributed by atoms with Crippen LogP contribution in [-0.2, 0) is 10.1 Å². The number of rotatable bonds is 5. The van der Waals surface area contributed by atoms with Gasteiger partial charge in [-0.25, -0.2) is 0 Å². The summed E-state index contributed by atoms with van der Waals surface area (Å²) < 4.78 is 31.9. The summed E-state index contributed by atoms with van der Waals surface area (Å²) in [5, 5.41) is 17.3. The first-order chi connectivity index (χ1) is 11.8. The lowest BCUT2D eigenvalue weighted by atomic mass is 10.2. The number of azo groups is 2. The fourth-order valence-electron chi connectivity index (χ4n) is 2.03. The number of carbonyl (C=O) groups excluding carboxylic acids is 1. The van der Waals surface area contributed by atoms with E-state index >= 15 is 0 Å². The van der Waals surface area contributed by atoms with Crippen LogP contribution in [0.25, 0.3) is 0 Å². The van der Waals surface area contributed by atoms with Crippen LogP contribution in [0.15, 0.2) is 67.8 Å². The summed E-state index contributed by atoms with van der Waals surface area (Å²) in [6.45, 7) is 0. The van der Waals surface area contributed by atoms with Crippen LogP contribution in [0.3, 0.4) is 0 Å². The van der Waals surface area contributed by atoms with Crippen molar-refractivity contribution in [3.05, 3.63) is 48.0 Å². The number of hydrogen-bond acceptors (Lipinski definition) is 7. The topological polar surface area (TPSA) is 133 Å². The van der Waals surface area contributed by atoms with Crippen molar-refractivity contribution in [1.82, 2.24) is 0 Å². The van der Waals surface area contributed by atoms with Gasteiger partial charge in [-0.2, -0.15) is 28.9 Å². The molecule has 0 aliphatic carbocycles. The van der Waals surface area contributed by atoms with Crippen LogP contribution in [0.1, 0.15) is 10.4 Å². The van der Waals surface area contributed by atoms with Crippen molar-refractivity contribution in [2.45, 2.75) is 4.90 Å². The molecule has 0 aromatic heterocycles. The number of amides is 1. The van der Waals surface area contributed by atoms with Crippen LogP contribution in [0.5, 0.6) is 0 Å². The first-order valence-corrected chi connectivity index (χ1v) is 8.42. The van der Waals surface area contributed by atoms with Crippen molar-refractivity contribution >= 4 is 33.1 Å². The fraction of sp³-hybridized carbons (Fsp3) is 0.133. The molecule has 10 heteroatoms. The lowest BCUT2D eigenvalue weighted by molar-refractivity contribution is 0.102. The first kappa shape index (κ1) is 18.4. The zero-order valence-corrected chi connectivity index (χ0v) is 14.2. The molecule has 1 amide bonds. The molecular formula is C15H15N5O4S. The van der Waals surface area contributed by atoms with Crippen LogP contribution in [0.4, 0.5) is 17.1 Å². The molecule has 0 atom stereocenters. The molecule has 2 aromatic rings. The molecule has 0 unspecified atom stereocenters. The van der Waals surface area contributed by atoms with E-state index in [2.05, 4.69) is 25.8 Å². The Balaban J connectivity index is 2.32. The van der Waals surface area contributed by atoms with Gasteiger partial charge in [-0.1, -0.05) is 6.07 Å². The fourth-order valence-corrected chi connectivity index (χ4v) is 2.63. The van der Waals surface area contributed by atoms with Crippen molar-refractivity contribution in [3.63, 3.8) is 0 Å². The highest BCUT2D eigenvalue weighted by atomic mass is 32.2. The molecule has 0 saturated heterocycles. The quantitative estimate of drug-likeness (QED) is 0.621. The largest absolute Gasteiger partial charge is 0.322 e. The Labute approximate surface area is 144 Å². The van der Waals surface area contributed by atoms with Gasteiger partial charge in [0.15, 0.2) is 0 Å². The van der Waals surface area contributed by atoms with E-state index in [-0.39, 0.29) is 5.69 Å². The lowest BCUT2D eigenvalue weighted by Gasteiger charge is -2.08. The van der Waals surface area contributed by atoms with E-state index in [0.29, 0.717) is 16.9 Å². The summed E-state index contributed by atoms with van der Waals surface area (Å²) in [5.74, 6) is -0.424. The van der Waals surface area contributed by atoms with E-state index in [1.54, 1.807) is 24.3 Å². The minimum atomic E-state index is -4.45. The summed E-state index contributed by atoms with van der Waals surface area (Å²) in [6, 6.07) is 10.3. The molecule has 0 radical (unpaired) electrons. The van der Waals surface area contributed by atoms with E-state index in [4.69, 9.17) is 0 Å². The van der Waals surface area contributed by atoms with Gasteiger partial charge in [0, 0.05) is 25.3 Å². The predicted octanol–water partition coefficient (Wildman–Crippen LogP) is 3.61. The van der Waals surface area contributed by atoms with Gasteiger partial charge in [-0.3, -0.25) is 9.35 Å². The van der Waals surface area contributed by atoms with Gasteiger partial charge < -0.3 is 5.32 Å². The Morgan fingerprint density at radius 2 is 1.76 bits per heavy atom. The van der Waals surface area contributed by atoms with Crippen LogP contribution < -0.4 is 5.32 Å². The van der Waals surface area contributed by atoms with E-state index in [1.165, 1.54) is 26.2 Å². The third-order valence-corrected chi connectivity index (χ3v) is 3.93. The summed E-state index contributed by atoms with van der Waals surface area (Å²) in [7, 11) is -1.58. The van der Waals surface area contributed by atoms with E-state index in [1.807, 2.05) is 0 Å². The number of benzene rings is 2. The van der Waals surface area contributed by atoms with Gasteiger partial charge >= 0.3 is 0 Å². The van der Waals surface area contributed by atoms with Crippen LogP contribution in [0.2, 0.25) is 0 Å². The average molecular weight is 361 g/mol. The minimum Gasteiger partial charge on any atom is -0.322 e. The Kier molecular flexibility index (Phi) is 5.67. The van der Waals surface area contributed by atoms with Gasteiger partial charge in [0.1, 0.15) is 10.6 Å². The minimum absolute atomic E-state index is 0.0867. The summed E-state index contributed by atoms with van der Waals surface area (Å²) in [6.07, 6.45) is 0. The third kappa shape index (κ3) is 4.75. The van der Waals surface area contributed by atoms with Gasteiger partial charge in [-0.15, -0.1) is 0 Å². The van der Waals surface area contributed by atoms with Gasteiger partial charge in [0.05, 0.1) is 5.69 Å². The van der Waals surface area contributed by atoms with Gasteiger partial charge in [0.25, 0.3) is 16.0 Å². The number of carbonyl (C=O) groups is 1. The van der Waals surface area contributed by atoms with E-state index in [0.717, 1.165) is 6.07 Å². The van der Waals surface area contributed by atoms with Crippen LogP contribution in [-0.4, -0.2) is 33.0 Å². The van der Waals surface area contributed by atoms with Gasteiger partial charge in [0.2, 0.25) is 0 Å². The zero-order valence-electron chi connectivity index (χ0n) is 13.4. The molecule has 9 nitrogen and oxygen atoms in total. The number of anilines is 1. The Morgan fingerprint density at radius 1 is 1.04 bits per heavy atom. The molecule has 0 aliphatic rings. The normalized spacial score (nSPS) is 12.0. The molecule has 0 spiro atoms. The second-order valence-corrected chi connectivity index (χ2v) is 6.15. The monoisotopic (exact) mass is 361 g/mol. The van der Waals surface area contributed by atoms with Crippen LogP contribution in [0, 0.1) is 0 Å². The van der Waals surface area contributed by atoms with Crippen molar-refractivity contribution in [3.8, 4) is 0 Å². The molecule has 0 aliphatic heterocycles. The van der Waals surface area contributed by atoms with E-state index in [9.17, 15) is 17.8 Å². The highest BCUT2D eigenvalue weighted by Gasteiger charge is 2.17. The number of nitrogens with zero attached hydrogens (tertiary/aromatic N) is 4.